The fourth-order valence-corrected chi connectivity index (χ4v) is 5.26. The van der Waals surface area contributed by atoms with Gasteiger partial charge in [-0.15, -0.1) is 11.8 Å². The molecule has 0 bridgehead atoms. The Morgan fingerprint density at radius 2 is 1.90 bits per heavy atom. The number of rotatable bonds is 4. The van der Waals surface area contributed by atoms with Crippen molar-refractivity contribution in [2.75, 3.05) is 20.0 Å². The molecule has 2 unspecified atom stereocenters. The Balaban J connectivity index is 1.79. The number of carbonyl (C=O) groups is 1. The molecule has 1 amide bonds. The number of nitrogens with zero attached hydrogens (tertiary/aromatic N) is 2. The van der Waals surface area contributed by atoms with Gasteiger partial charge in [-0.25, -0.2) is 4.39 Å². The van der Waals surface area contributed by atoms with Crippen molar-refractivity contribution in [3.05, 3.63) is 70.0 Å². The van der Waals surface area contributed by atoms with Gasteiger partial charge in [0.25, 0.3) is 0 Å². The maximum absolute atomic E-state index is 13.3. The van der Waals surface area contributed by atoms with Gasteiger partial charge >= 0.3 is 0 Å². The van der Waals surface area contributed by atoms with Crippen LogP contribution in [0.3, 0.4) is 0 Å². The third-order valence-corrected chi connectivity index (χ3v) is 6.65. The Hall–Kier alpha value is -3.02. The molecule has 6 nitrogen and oxygen atoms in total. The minimum absolute atomic E-state index is 0.00812. The molecule has 0 radical (unpaired) electrons. The van der Waals surface area contributed by atoms with Crippen molar-refractivity contribution in [2.45, 2.75) is 18.1 Å². The largest absolute Gasteiger partial charge is 0.493 e. The summed E-state index contributed by atoms with van der Waals surface area (Å²) in [5, 5.41) is 21.8. The number of benzene rings is 2. The number of allylic oxidation sites excluding steroid dienone is 1. The zero-order valence-electron chi connectivity index (χ0n) is 16.4. The van der Waals surface area contributed by atoms with Crippen LogP contribution >= 0.6 is 11.8 Å². The molecule has 0 aliphatic carbocycles. The molecule has 1 fully saturated rings. The molecule has 2 aromatic rings. The van der Waals surface area contributed by atoms with Crippen LogP contribution in [0.25, 0.3) is 0 Å². The number of hydrogen-bond acceptors (Lipinski definition) is 6. The molecule has 0 aromatic heterocycles. The van der Waals surface area contributed by atoms with Gasteiger partial charge in [-0.2, -0.15) is 5.26 Å². The van der Waals surface area contributed by atoms with Crippen LogP contribution < -0.4 is 9.47 Å². The smallest absolute Gasteiger partial charge is 0.231 e. The Kier molecular flexibility index (Phi) is 5.18. The molecule has 1 saturated heterocycles. The molecule has 2 heterocycles. The molecule has 2 aliphatic rings. The quantitative estimate of drug-likeness (QED) is 0.806. The number of halogens is 1. The summed E-state index contributed by atoms with van der Waals surface area (Å²) in [7, 11) is 3.01. The first kappa shape index (κ1) is 20.3. The molecule has 4 rings (SSSR count). The summed E-state index contributed by atoms with van der Waals surface area (Å²) < 4.78 is 23.9. The summed E-state index contributed by atoms with van der Waals surface area (Å²) in [6.45, 7) is 0. The molecule has 0 saturated carbocycles. The lowest BCUT2D eigenvalue weighted by atomic mass is 9.85. The van der Waals surface area contributed by atoms with E-state index < -0.39 is 11.6 Å². The Morgan fingerprint density at radius 1 is 1.20 bits per heavy atom. The summed E-state index contributed by atoms with van der Waals surface area (Å²) >= 11 is 1.26. The van der Waals surface area contributed by atoms with Gasteiger partial charge in [0.15, 0.2) is 17.2 Å². The molecule has 1 N–H and O–H groups in total. The predicted octanol–water partition coefficient (Wildman–Crippen LogP) is 3.49. The Labute approximate surface area is 177 Å². The molecule has 2 aliphatic heterocycles. The second-order valence-corrected chi connectivity index (χ2v) is 8.01. The van der Waals surface area contributed by atoms with Gasteiger partial charge in [-0.1, -0.05) is 18.2 Å². The number of carbonyl (C=O) groups excluding carboxylic acids is 1. The van der Waals surface area contributed by atoms with Gasteiger partial charge in [-0.05, 0) is 29.8 Å². The summed E-state index contributed by atoms with van der Waals surface area (Å²) in [6, 6.07) is 13.0. The number of methoxy groups -OCH3 is 2. The van der Waals surface area contributed by atoms with Crippen LogP contribution in [0.5, 0.6) is 11.5 Å². The molecule has 154 valence electrons. The fraction of sp³-hybridized carbons (Fsp3) is 0.273. The molecule has 2 atom stereocenters. The van der Waals surface area contributed by atoms with E-state index in [1.807, 2.05) is 0 Å². The van der Waals surface area contributed by atoms with E-state index in [0.29, 0.717) is 33.2 Å². The summed E-state index contributed by atoms with van der Waals surface area (Å²) in [6.07, 6.45) is 0.00812. The van der Waals surface area contributed by atoms with Crippen LogP contribution in [0.1, 0.15) is 23.5 Å². The average molecular weight is 426 g/mol. The standard InChI is InChI=1S/C22H19FN2O4S/c1-28-18-8-5-14(9-19(18)29-2)22(27)12-30-21-17(11-24)16(10-20(26)25(21)22)13-3-6-15(23)7-4-13/h3-9,16,27H,10,12H2,1-2H3. The highest BCUT2D eigenvalue weighted by Gasteiger charge is 2.52. The van der Waals surface area contributed by atoms with Crippen molar-refractivity contribution in [1.82, 2.24) is 4.90 Å². The van der Waals surface area contributed by atoms with E-state index in [4.69, 9.17) is 9.47 Å². The highest BCUT2D eigenvalue weighted by Crippen LogP contribution is 2.52. The van der Waals surface area contributed by atoms with E-state index in [1.54, 1.807) is 30.3 Å². The fourth-order valence-electron chi connectivity index (χ4n) is 3.90. The van der Waals surface area contributed by atoms with Crippen molar-refractivity contribution in [1.29, 1.82) is 5.26 Å². The van der Waals surface area contributed by atoms with Gasteiger partial charge in [0.05, 0.1) is 36.6 Å². The number of aliphatic hydroxyl groups is 1. The summed E-state index contributed by atoms with van der Waals surface area (Å²) in [4.78, 5) is 14.4. The van der Waals surface area contributed by atoms with E-state index >= 15 is 0 Å². The van der Waals surface area contributed by atoms with Crippen LogP contribution in [0, 0.1) is 17.1 Å². The van der Waals surface area contributed by atoms with E-state index in [0.717, 1.165) is 0 Å². The molecule has 8 heteroatoms. The number of hydrogen-bond donors (Lipinski definition) is 1. The van der Waals surface area contributed by atoms with E-state index in [9.17, 15) is 19.6 Å². The van der Waals surface area contributed by atoms with Crippen LogP contribution in [0.2, 0.25) is 0 Å². The van der Waals surface area contributed by atoms with Crippen molar-refractivity contribution in [2.24, 2.45) is 0 Å². The lowest BCUT2D eigenvalue weighted by molar-refractivity contribution is -0.149. The number of fused-ring (bicyclic) bond motifs is 1. The number of thioether (sulfide) groups is 1. The second-order valence-electron chi connectivity index (χ2n) is 7.04. The SMILES string of the molecule is COc1ccc(C2(O)CSC3=C(C#N)C(c4ccc(F)cc4)CC(=O)N32)cc1OC. The Bertz CT molecular complexity index is 1080. The van der Waals surface area contributed by atoms with Crippen LogP contribution in [-0.4, -0.2) is 35.9 Å². The predicted molar refractivity (Wildman–Crippen MR) is 109 cm³/mol. The monoisotopic (exact) mass is 426 g/mol. The van der Waals surface area contributed by atoms with Crippen LogP contribution in [0.15, 0.2) is 53.1 Å². The van der Waals surface area contributed by atoms with Gasteiger partial charge in [0, 0.05) is 17.9 Å². The van der Waals surface area contributed by atoms with Crippen molar-refractivity contribution in [3.63, 3.8) is 0 Å². The summed E-state index contributed by atoms with van der Waals surface area (Å²) in [5.74, 6) is -0.0579. The highest BCUT2D eigenvalue weighted by molar-refractivity contribution is 8.03. The van der Waals surface area contributed by atoms with Gasteiger partial charge in [-0.3, -0.25) is 9.69 Å². The van der Waals surface area contributed by atoms with Gasteiger partial charge < -0.3 is 14.6 Å². The molecular weight excluding hydrogens is 407 g/mol. The minimum Gasteiger partial charge on any atom is -0.493 e. The first-order valence-electron chi connectivity index (χ1n) is 9.23. The highest BCUT2D eigenvalue weighted by atomic mass is 32.2. The van der Waals surface area contributed by atoms with Gasteiger partial charge in [0.1, 0.15) is 5.82 Å². The van der Waals surface area contributed by atoms with Crippen molar-refractivity contribution in [3.8, 4) is 17.6 Å². The van der Waals surface area contributed by atoms with Crippen LogP contribution in [-0.2, 0) is 10.5 Å². The molecular formula is C22H19FN2O4S. The average Bonchev–Trinajstić information content (AvgIpc) is 3.13. The van der Waals surface area contributed by atoms with Gasteiger partial charge in [0.2, 0.25) is 5.91 Å². The maximum atomic E-state index is 13.3. The number of nitriles is 1. The second kappa shape index (κ2) is 7.67. The lowest BCUT2D eigenvalue weighted by Crippen LogP contribution is -2.48. The zero-order chi connectivity index (χ0) is 21.5. The van der Waals surface area contributed by atoms with E-state index in [1.165, 1.54) is 43.0 Å². The normalized spacial score (nSPS) is 23.2. The molecule has 2 aromatic carbocycles. The number of amides is 1. The van der Waals surface area contributed by atoms with E-state index in [-0.39, 0.29) is 23.9 Å². The molecule has 0 spiro atoms. The minimum atomic E-state index is -1.62. The third kappa shape index (κ3) is 3.11. The topological polar surface area (TPSA) is 82.8 Å². The van der Waals surface area contributed by atoms with Crippen molar-refractivity contribution >= 4 is 17.7 Å². The first-order valence-corrected chi connectivity index (χ1v) is 10.2. The Morgan fingerprint density at radius 3 is 2.53 bits per heavy atom. The van der Waals surface area contributed by atoms with E-state index in [2.05, 4.69) is 6.07 Å². The number of ether oxygens (including phenoxy) is 2. The zero-order valence-corrected chi connectivity index (χ0v) is 17.2. The summed E-state index contributed by atoms with van der Waals surface area (Å²) in [5.41, 5.74) is -0.0706. The third-order valence-electron chi connectivity index (χ3n) is 5.43. The first-order chi connectivity index (χ1) is 14.4. The lowest BCUT2D eigenvalue weighted by Gasteiger charge is -2.38. The molecule has 30 heavy (non-hydrogen) atoms. The van der Waals surface area contributed by atoms with Crippen molar-refractivity contribution < 1.29 is 23.8 Å². The van der Waals surface area contributed by atoms with Crippen LogP contribution in [0.4, 0.5) is 4.39 Å². The maximum Gasteiger partial charge on any atom is 0.231 e.